The van der Waals surface area contributed by atoms with Gasteiger partial charge in [0.05, 0.1) is 5.57 Å². The van der Waals surface area contributed by atoms with Crippen LogP contribution in [0.3, 0.4) is 0 Å². The van der Waals surface area contributed by atoms with Crippen molar-refractivity contribution in [2.45, 2.75) is 44.9 Å². The van der Waals surface area contributed by atoms with Crippen molar-refractivity contribution >= 4 is 15.1 Å². The number of halogens is 3. The molecule has 0 bridgehead atoms. The Kier molecular flexibility index (Phi) is 6.33. The second kappa shape index (κ2) is 8.58. The van der Waals surface area contributed by atoms with Gasteiger partial charge in [0, 0.05) is 23.8 Å². The Labute approximate surface area is 171 Å². The Morgan fingerprint density at radius 3 is 2.55 bits per heavy atom. The van der Waals surface area contributed by atoms with Crippen molar-refractivity contribution in [2.24, 2.45) is 0 Å². The first kappa shape index (κ1) is 21.4. The lowest BCUT2D eigenvalue weighted by Gasteiger charge is -2.27. The highest BCUT2D eigenvalue weighted by Gasteiger charge is 2.37. The van der Waals surface area contributed by atoms with Gasteiger partial charge >= 0.3 is 0 Å². The van der Waals surface area contributed by atoms with Crippen LogP contribution in [0, 0.1) is 0 Å². The van der Waals surface area contributed by atoms with Gasteiger partial charge < -0.3 is 10.5 Å². The maximum atomic E-state index is 14.2. The predicted octanol–water partition coefficient (Wildman–Crippen LogP) is 6.07. The van der Waals surface area contributed by atoms with E-state index in [4.69, 9.17) is 10.5 Å². The van der Waals surface area contributed by atoms with E-state index < -0.39 is 23.2 Å². The molecule has 0 spiro atoms. The molecule has 1 aliphatic carbocycles. The number of ether oxygens (including phenoxy) is 1. The summed E-state index contributed by atoms with van der Waals surface area (Å²) in [5.74, 6) is -0.396. The molecule has 0 saturated carbocycles. The summed E-state index contributed by atoms with van der Waals surface area (Å²) in [5, 5.41) is 0. The maximum Gasteiger partial charge on any atom is 0.286 e. The minimum absolute atomic E-state index is 0.0392. The molecule has 0 radical (unpaired) electrons. The summed E-state index contributed by atoms with van der Waals surface area (Å²) in [6, 6.07) is 9.74. The van der Waals surface area contributed by atoms with Gasteiger partial charge in [0.25, 0.3) is 5.66 Å². The van der Waals surface area contributed by atoms with E-state index in [-0.39, 0.29) is 23.6 Å². The molecular weight excluding hydrogens is 396 g/mol. The number of nitrogens with two attached hydrogens (primary N) is 1. The number of aromatic nitrogens is 1. The van der Waals surface area contributed by atoms with Crippen LogP contribution in [0.1, 0.15) is 32.3 Å². The average molecular weight is 420 g/mol. The molecule has 0 fully saturated rings. The van der Waals surface area contributed by atoms with Gasteiger partial charge in [-0.3, -0.25) is 0 Å². The third-order valence-corrected chi connectivity index (χ3v) is 5.23. The molecule has 154 valence electrons. The van der Waals surface area contributed by atoms with Gasteiger partial charge in [-0.15, -0.1) is 0 Å². The summed E-state index contributed by atoms with van der Waals surface area (Å²) in [6.45, 7) is 3.68. The number of nitrogen functional groups attached to an aromatic ring is 1. The largest absolute Gasteiger partial charge is 0.482 e. The average Bonchev–Trinajstić information content (AvgIpc) is 2.68. The molecule has 1 aromatic heterocycles. The molecule has 0 aliphatic heterocycles. The molecule has 2 atom stereocenters. The zero-order chi connectivity index (χ0) is 21.2. The molecule has 7 heteroatoms. The second-order valence-electron chi connectivity index (χ2n) is 7.02. The van der Waals surface area contributed by atoms with E-state index in [1.807, 2.05) is 24.3 Å². The van der Waals surface area contributed by atoms with Gasteiger partial charge in [-0.25, -0.2) is 9.37 Å². The molecule has 0 amide bonds. The number of aryl methyl sites for hydroxylation is 1. The van der Waals surface area contributed by atoms with Crippen molar-refractivity contribution in [3.8, 4) is 16.9 Å². The van der Waals surface area contributed by atoms with Crippen molar-refractivity contribution in [1.29, 1.82) is 0 Å². The van der Waals surface area contributed by atoms with Crippen LogP contribution >= 0.6 is 9.24 Å². The number of allylic oxidation sites excluding steroid dienone is 2. The summed E-state index contributed by atoms with van der Waals surface area (Å²) in [7, 11) is 1.40. The molecule has 1 aliphatic rings. The molecule has 1 heterocycles. The topological polar surface area (TPSA) is 48.1 Å². The van der Waals surface area contributed by atoms with Crippen molar-refractivity contribution < 1.29 is 17.9 Å². The lowest BCUT2D eigenvalue weighted by atomic mass is 9.93. The zero-order valence-corrected chi connectivity index (χ0v) is 17.5. The van der Waals surface area contributed by atoms with Crippen LogP contribution in [0.25, 0.3) is 11.1 Å². The molecular formula is C22H24F3N2OP. The van der Waals surface area contributed by atoms with E-state index in [9.17, 15) is 13.2 Å². The molecule has 2 unspecified atom stereocenters. The SMILES string of the molecule is CCc1ccc(-c2cnc(N)c(OC(C)C3=CCCC(F)=C3C(F)(F)P)c2)cc1. The minimum Gasteiger partial charge on any atom is -0.482 e. The van der Waals surface area contributed by atoms with Gasteiger partial charge in [0.15, 0.2) is 11.6 Å². The van der Waals surface area contributed by atoms with Gasteiger partial charge in [-0.1, -0.05) is 46.5 Å². The van der Waals surface area contributed by atoms with Crippen molar-refractivity contribution in [2.75, 3.05) is 5.73 Å². The summed E-state index contributed by atoms with van der Waals surface area (Å²) in [6.07, 6.45) is 3.66. The summed E-state index contributed by atoms with van der Waals surface area (Å²) >= 11 is 0. The number of hydrogen-bond acceptors (Lipinski definition) is 3. The fourth-order valence-corrected chi connectivity index (χ4v) is 3.70. The molecule has 29 heavy (non-hydrogen) atoms. The van der Waals surface area contributed by atoms with Crippen LogP contribution in [0.4, 0.5) is 19.0 Å². The number of rotatable bonds is 6. The first-order valence-electron chi connectivity index (χ1n) is 9.48. The fourth-order valence-electron chi connectivity index (χ4n) is 3.37. The second-order valence-corrected chi connectivity index (χ2v) is 7.74. The van der Waals surface area contributed by atoms with Gasteiger partial charge in [0.1, 0.15) is 11.9 Å². The minimum atomic E-state index is -3.37. The van der Waals surface area contributed by atoms with Gasteiger partial charge in [0.2, 0.25) is 0 Å². The highest BCUT2D eigenvalue weighted by molar-refractivity contribution is 7.18. The highest BCUT2D eigenvalue weighted by Crippen LogP contribution is 2.43. The van der Waals surface area contributed by atoms with Gasteiger partial charge in [-0.05, 0) is 37.0 Å². The Balaban J connectivity index is 1.88. The molecule has 3 rings (SSSR count). The number of anilines is 1. The Hall–Kier alpha value is -2.33. The summed E-state index contributed by atoms with van der Waals surface area (Å²) in [5.41, 5.74) is 5.02. The van der Waals surface area contributed by atoms with Crippen LogP contribution < -0.4 is 10.5 Å². The smallest absolute Gasteiger partial charge is 0.286 e. The molecule has 1 aromatic carbocycles. The third-order valence-electron chi connectivity index (χ3n) is 4.94. The summed E-state index contributed by atoms with van der Waals surface area (Å²) in [4.78, 5) is 4.17. The van der Waals surface area contributed by atoms with E-state index in [0.717, 1.165) is 17.5 Å². The van der Waals surface area contributed by atoms with Crippen molar-refractivity contribution in [3.05, 3.63) is 65.1 Å². The van der Waals surface area contributed by atoms with E-state index in [1.165, 1.54) is 14.8 Å². The molecule has 2 N–H and O–H groups in total. The Morgan fingerprint density at radius 1 is 1.24 bits per heavy atom. The highest BCUT2D eigenvalue weighted by atomic mass is 31.0. The lowest BCUT2D eigenvalue weighted by molar-refractivity contribution is 0.138. The standard InChI is InChI=1S/C22H24F3N2OP/c1-3-14-7-9-15(10-8-14)16-11-19(21(26)27-12-16)28-13(2)17-5-4-6-18(23)20(17)22(24,25)29/h5,7-13H,3-4,6,29H2,1-2H3,(H2,26,27). The van der Waals surface area contributed by atoms with Crippen LogP contribution in [0.15, 0.2) is 59.6 Å². The van der Waals surface area contributed by atoms with Crippen LogP contribution in [-0.4, -0.2) is 16.8 Å². The van der Waals surface area contributed by atoms with Crippen LogP contribution in [-0.2, 0) is 6.42 Å². The summed E-state index contributed by atoms with van der Waals surface area (Å²) < 4.78 is 48.0. The maximum absolute atomic E-state index is 14.2. The molecule has 2 aromatic rings. The number of alkyl halides is 2. The van der Waals surface area contributed by atoms with Crippen LogP contribution in [0.5, 0.6) is 5.75 Å². The van der Waals surface area contributed by atoms with Crippen molar-refractivity contribution in [1.82, 2.24) is 4.98 Å². The zero-order valence-electron chi connectivity index (χ0n) is 16.4. The van der Waals surface area contributed by atoms with Gasteiger partial charge in [-0.2, -0.15) is 8.78 Å². The van der Waals surface area contributed by atoms with E-state index >= 15 is 0 Å². The Morgan fingerprint density at radius 2 is 1.93 bits per heavy atom. The van der Waals surface area contributed by atoms with Crippen LogP contribution in [0.2, 0.25) is 0 Å². The number of benzene rings is 1. The van der Waals surface area contributed by atoms with E-state index in [2.05, 4.69) is 11.9 Å². The molecule has 3 nitrogen and oxygen atoms in total. The fraction of sp³-hybridized carbons (Fsp3) is 0.318. The third kappa shape index (κ3) is 4.81. The number of nitrogens with zero attached hydrogens (tertiary/aromatic N) is 1. The molecule has 0 saturated heterocycles. The number of hydrogen-bond donors (Lipinski definition) is 1. The quantitative estimate of drug-likeness (QED) is 0.577. The normalized spacial score (nSPS) is 15.9. The first-order valence-corrected chi connectivity index (χ1v) is 10.1. The predicted molar refractivity (Wildman–Crippen MR) is 114 cm³/mol. The van der Waals surface area contributed by atoms with Crippen molar-refractivity contribution in [3.63, 3.8) is 0 Å². The van der Waals surface area contributed by atoms with E-state index in [0.29, 0.717) is 6.42 Å². The number of pyridine rings is 1. The van der Waals surface area contributed by atoms with E-state index in [1.54, 1.807) is 25.3 Å². The monoisotopic (exact) mass is 420 g/mol. The first-order chi connectivity index (χ1) is 13.7. The Bertz CT molecular complexity index is 950. The lowest BCUT2D eigenvalue weighted by Crippen LogP contribution is -2.25.